The lowest BCUT2D eigenvalue weighted by atomic mass is 10.2. The van der Waals surface area contributed by atoms with E-state index in [-0.39, 0.29) is 6.54 Å². The quantitative estimate of drug-likeness (QED) is 0.841. The number of hydrogen-bond donors (Lipinski definition) is 2. The molecule has 0 aliphatic heterocycles. The maximum Gasteiger partial charge on any atom is 0.328 e. The summed E-state index contributed by atoms with van der Waals surface area (Å²) in [6, 6.07) is 8.42. The molecule has 6 heteroatoms. The number of H-pyrrole nitrogens is 1. The van der Waals surface area contributed by atoms with Crippen molar-refractivity contribution in [2.75, 3.05) is 5.32 Å². The van der Waals surface area contributed by atoms with Gasteiger partial charge in [-0.15, -0.1) is 0 Å². The minimum Gasteiger partial charge on any atom is -0.325 e. The molecule has 0 fully saturated rings. The lowest BCUT2D eigenvalue weighted by Crippen LogP contribution is -2.37. The number of benzene rings is 1. The van der Waals surface area contributed by atoms with Crippen LogP contribution in [0.15, 0.2) is 46.1 Å². The Hall–Kier alpha value is -2.63. The first kappa shape index (κ1) is 12.8. The molecule has 0 atom stereocenters. The summed E-state index contributed by atoms with van der Waals surface area (Å²) >= 11 is 0. The molecule has 2 N–H and O–H groups in total. The fraction of sp³-hybridized carbons (Fsp3) is 0.154. The van der Waals surface area contributed by atoms with E-state index in [4.69, 9.17) is 0 Å². The summed E-state index contributed by atoms with van der Waals surface area (Å²) in [5.74, 6) is -0.428. The number of amides is 1. The van der Waals surface area contributed by atoms with Gasteiger partial charge in [-0.25, -0.2) is 4.79 Å². The van der Waals surface area contributed by atoms with Crippen LogP contribution in [0, 0.1) is 6.92 Å². The fourth-order valence-corrected chi connectivity index (χ4v) is 1.58. The molecule has 0 radical (unpaired) electrons. The molecule has 0 spiro atoms. The highest BCUT2D eigenvalue weighted by molar-refractivity contribution is 5.90. The van der Waals surface area contributed by atoms with E-state index in [0.29, 0.717) is 5.69 Å². The third kappa shape index (κ3) is 3.19. The van der Waals surface area contributed by atoms with Crippen molar-refractivity contribution in [3.8, 4) is 0 Å². The summed E-state index contributed by atoms with van der Waals surface area (Å²) < 4.78 is 0.837. The van der Waals surface area contributed by atoms with E-state index in [1.54, 1.807) is 12.1 Å². The number of carbonyl (C=O) groups excluding carboxylic acids is 1. The van der Waals surface area contributed by atoms with E-state index in [1.807, 2.05) is 19.1 Å². The first-order valence-electron chi connectivity index (χ1n) is 5.71. The Kier molecular flexibility index (Phi) is 3.61. The van der Waals surface area contributed by atoms with Gasteiger partial charge in [0.1, 0.15) is 6.54 Å². The second kappa shape index (κ2) is 5.34. The van der Waals surface area contributed by atoms with Gasteiger partial charge in [0, 0.05) is 18.0 Å². The number of hydrogen-bond acceptors (Lipinski definition) is 3. The summed E-state index contributed by atoms with van der Waals surface area (Å²) in [5.41, 5.74) is 0.582. The van der Waals surface area contributed by atoms with E-state index in [2.05, 4.69) is 10.3 Å². The summed E-state index contributed by atoms with van der Waals surface area (Å²) in [7, 11) is 0. The van der Waals surface area contributed by atoms with Crippen molar-refractivity contribution in [2.24, 2.45) is 0 Å². The average molecular weight is 259 g/mol. The molecular formula is C13H13N3O3. The second-order valence-corrected chi connectivity index (χ2v) is 4.12. The summed E-state index contributed by atoms with van der Waals surface area (Å²) in [5, 5.41) is 2.62. The molecule has 0 unspecified atom stereocenters. The zero-order valence-electron chi connectivity index (χ0n) is 10.3. The highest BCUT2D eigenvalue weighted by Gasteiger charge is 2.07. The van der Waals surface area contributed by atoms with E-state index < -0.39 is 17.2 Å². The molecular weight excluding hydrogens is 246 g/mol. The normalized spacial score (nSPS) is 10.2. The zero-order valence-corrected chi connectivity index (χ0v) is 10.3. The van der Waals surface area contributed by atoms with E-state index in [1.165, 1.54) is 12.3 Å². The van der Waals surface area contributed by atoms with Crippen LogP contribution in [-0.4, -0.2) is 15.5 Å². The Morgan fingerprint density at radius 2 is 1.89 bits per heavy atom. The van der Waals surface area contributed by atoms with Crippen LogP contribution in [0.2, 0.25) is 0 Å². The van der Waals surface area contributed by atoms with Crippen molar-refractivity contribution in [2.45, 2.75) is 13.5 Å². The smallest absolute Gasteiger partial charge is 0.325 e. The first-order chi connectivity index (χ1) is 9.06. The molecule has 2 rings (SSSR count). The van der Waals surface area contributed by atoms with Gasteiger partial charge in [-0.3, -0.25) is 14.2 Å². The van der Waals surface area contributed by atoms with Gasteiger partial charge in [0.15, 0.2) is 0 Å². The lowest BCUT2D eigenvalue weighted by molar-refractivity contribution is -0.116. The van der Waals surface area contributed by atoms with Gasteiger partial charge in [-0.2, -0.15) is 0 Å². The van der Waals surface area contributed by atoms with Crippen molar-refractivity contribution >= 4 is 11.6 Å². The third-order valence-electron chi connectivity index (χ3n) is 2.58. The minimum atomic E-state index is -0.605. The van der Waals surface area contributed by atoms with Gasteiger partial charge in [0.2, 0.25) is 5.91 Å². The molecule has 98 valence electrons. The monoisotopic (exact) mass is 259 g/mol. The van der Waals surface area contributed by atoms with E-state index in [9.17, 15) is 14.4 Å². The van der Waals surface area contributed by atoms with Crippen molar-refractivity contribution in [3.05, 3.63) is 62.9 Å². The van der Waals surface area contributed by atoms with Gasteiger partial charge in [-0.05, 0) is 19.1 Å². The highest BCUT2D eigenvalue weighted by atomic mass is 16.2. The van der Waals surface area contributed by atoms with Crippen LogP contribution in [0.1, 0.15) is 5.56 Å². The third-order valence-corrected chi connectivity index (χ3v) is 2.58. The number of aryl methyl sites for hydroxylation is 1. The predicted molar refractivity (Wildman–Crippen MR) is 71.1 cm³/mol. The molecule has 1 aromatic heterocycles. The number of rotatable bonds is 3. The number of carbonyl (C=O) groups is 1. The molecule has 19 heavy (non-hydrogen) atoms. The van der Waals surface area contributed by atoms with Crippen molar-refractivity contribution in [1.29, 1.82) is 0 Å². The Bertz CT molecular complexity index is 670. The number of nitrogens with one attached hydrogen (secondary N) is 2. The Balaban J connectivity index is 2.12. The van der Waals surface area contributed by atoms with Crippen LogP contribution in [0.4, 0.5) is 5.69 Å². The molecule has 0 saturated heterocycles. The molecule has 2 aromatic rings. The van der Waals surface area contributed by atoms with Gasteiger partial charge >= 0.3 is 5.69 Å². The molecule has 6 nitrogen and oxygen atoms in total. The molecule has 0 saturated carbocycles. The van der Waals surface area contributed by atoms with Crippen molar-refractivity contribution < 1.29 is 4.79 Å². The molecule has 0 bridgehead atoms. The number of aromatic amines is 1. The van der Waals surface area contributed by atoms with Gasteiger partial charge in [0.25, 0.3) is 5.56 Å². The van der Waals surface area contributed by atoms with Crippen LogP contribution in [0.3, 0.4) is 0 Å². The number of aromatic nitrogens is 2. The predicted octanol–water partition coefficient (Wildman–Crippen LogP) is 0.484. The molecule has 1 heterocycles. The summed E-state index contributed by atoms with van der Waals surface area (Å²) in [6.45, 7) is 1.62. The second-order valence-electron chi connectivity index (χ2n) is 4.12. The zero-order chi connectivity index (χ0) is 13.8. The SMILES string of the molecule is Cc1ccc(NC(=O)Cn2c(=O)cc[nH]c2=O)cc1. The highest BCUT2D eigenvalue weighted by Crippen LogP contribution is 2.08. The van der Waals surface area contributed by atoms with Crippen molar-refractivity contribution in [1.82, 2.24) is 9.55 Å². The Morgan fingerprint density at radius 3 is 2.53 bits per heavy atom. The topological polar surface area (TPSA) is 84.0 Å². The Labute approximate surface area is 108 Å². The number of anilines is 1. The van der Waals surface area contributed by atoms with Crippen molar-refractivity contribution in [3.63, 3.8) is 0 Å². The maximum atomic E-state index is 11.7. The van der Waals surface area contributed by atoms with Gasteiger partial charge in [0.05, 0.1) is 0 Å². The summed E-state index contributed by atoms with van der Waals surface area (Å²) in [4.78, 5) is 36.9. The summed E-state index contributed by atoms with van der Waals surface area (Å²) in [6.07, 6.45) is 1.25. The maximum absolute atomic E-state index is 11.7. The lowest BCUT2D eigenvalue weighted by Gasteiger charge is -2.06. The number of nitrogens with zero attached hydrogens (tertiary/aromatic N) is 1. The van der Waals surface area contributed by atoms with Crippen LogP contribution < -0.4 is 16.6 Å². The first-order valence-corrected chi connectivity index (χ1v) is 5.71. The van der Waals surface area contributed by atoms with Crippen LogP contribution in [0.5, 0.6) is 0 Å². The standard InChI is InChI=1S/C13H13N3O3/c1-9-2-4-10(5-3-9)15-11(17)8-16-12(18)6-7-14-13(16)19/h2-7H,8H2,1H3,(H,14,19)(H,15,17). The van der Waals surface area contributed by atoms with Crippen LogP contribution >= 0.6 is 0 Å². The van der Waals surface area contributed by atoms with Gasteiger partial charge in [-0.1, -0.05) is 17.7 Å². The molecule has 0 aliphatic rings. The van der Waals surface area contributed by atoms with E-state index >= 15 is 0 Å². The van der Waals surface area contributed by atoms with Crippen LogP contribution in [0.25, 0.3) is 0 Å². The fourth-order valence-electron chi connectivity index (χ4n) is 1.58. The molecule has 1 amide bonds. The minimum absolute atomic E-state index is 0.317. The molecule has 1 aromatic carbocycles. The van der Waals surface area contributed by atoms with E-state index in [0.717, 1.165) is 10.1 Å². The molecule has 0 aliphatic carbocycles. The van der Waals surface area contributed by atoms with Gasteiger partial charge < -0.3 is 10.3 Å². The van der Waals surface area contributed by atoms with Crippen LogP contribution in [-0.2, 0) is 11.3 Å². The largest absolute Gasteiger partial charge is 0.328 e. The Morgan fingerprint density at radius 1 is 1.21 bits per heavy atom. The average Bonchev–Trinajstić information content (AvgIpc) is 2.37.